The van der Waals surface area contributed by atoms with Crippen LogP contribution in [0.4, 0.5) is 5.82 Å². The fourth-order valence-corrected chi connectivity index (χ4v) is 1.84. The molecule has 0 aromatic carbocycles. The van der Waals surface area contributed by atoms with Crippen LogP contribution in [-0.2, 0) is 6.42 Å². The van der Waals surface area contributed by atoms with Crippen LogP contribution >= 0.6 is 11.6 Å². The third kappa shape index (κ3) is 1.62. The minimum atomic E-state index is -0.522. The van der Waals surface area contributed by atoms with Crippen molar-refractivity contribution < 1.29 is 4.92 Å². The summed E-state index contributed by atoms with van der Waals surface area (Å²) < 4.78 is 1.55. The number of hydrogen-bond donors (Lipinski definition) is 1. The molecule has 0 spiro atoms. The monoisotopic (exact) mass is 240 g/mol. The molecule has 0 saturated carbocycles. The van der Waals surface area contributed by atoms with Crippen molar-refractivity contribution >= 4 is 22.9 Å². The summed E-state index contributed by atoms with van der Waals surface area (Å²) in [7, 11) is 0. The van der Waals surface area contributed by atoms with E-state index in [2.05, 4.69) is 4.98 Å². The molecule has 2 N–H and O–H groups in total. The number of halogens is 1. The molecule has 0 aliphatic rings. The van der Waals surface area contributed by atoms with Crippen molar-refractivity contribution in [1.82, 2.24) is 9.38 Å². The summed E-state index contributed by atoms with van der Waals surface area (Å²) in [6.07, 6.45) is 0.443. The lowest BCUT2D eigenvalue weighted by molar-refractivity contribution is -0.387. The van der Waals surface area contributed by atoms with Crippen LogP contribution in [0.2, 0.25) is 5.15 Å². The van der Waals surface area contributed by atoms with Crippen molar-refractivity contribution in [2.24, 2.45) is 5.73 Å². The van der Waals surface area contributed by atoms with E-state index in [4.69, 9.17) is 17.3 Å². The van der Waals surface area contributed by atoms with Gasteiger partial charge in [0.05, 0.1) is 0 Å². The number of imidazole rings is 1. The molecule has 0 unspecified atom stereocenters. The summed E-state index contributed by atoms with van der Waals surface area (Å²) in [6, 6.07) is 4.91. The molecule has 0 aliphatic carbocycles. The van der Waals surface area contributed by atoms with Gasteiger partial charge in [0.2, 0.25) is 5.82 Å². The van der Waals surface area contributed by atoms with Gasteiger partial charge in [0.15, 0.2) is 0 Å². The van der Waals surface area contributed by atoms with Gasteiger partial charge in [0.1, 0.15) is 10.7 Å². The molecule has 0 saturated heterocycles. The lowest BCUT2D eigenvalue weighted by Crippen LogP contribution is -2.06. The van der Waals surface area contributed by atoms with Crippen molar-refractivity contribution in [3.05, 3.63) is 39.3 Å². The highest BCUT2D eigenvalue weighted by atomic mass is 35.5. The van der Waals surface area contributed by atoms with Gasteiger partial charge < -0.3 is 15.8 Å². The van der Waals surface area contributed by atoms with E-state index < -0.39 is 4.92 Å². The first kappa shape index (κ1) is 10.8. The summed E-state index contributed by atoms with van der Waals surface area (Å²) >= 11 is 5.98. The lowest BCUT2D eigenvalue weighted by Gasteiger charge is -1.98. The van der Waals surface area contributed by atoms with Crippen LogP contribution in [0.25, 0.3) is 5.52 Å². The van der Waals surface area contributed by atoms with Gasteiger partial charge in [-0.25, -0.2) is 0 Å². The van der Waals surface area contributed by atoms with E-state index in [9.17, 15) is 10.1 Å². The summed E-state index contributed by atoms with van der Waals surface area (Å²) in [5.41, 5.74) is 5.81. The van der Waals surface area contributed by atoms with E-state index in [-0.39, 0.29) is 5.82 Å². The highest BCUT2D eigenvalue weighted by Gasteiger charge is 2.22. The van der Waals surface area contributed by atoms with Gasteiger partial charge in [0.25, 0.3) is 0 Å². The number of nitrogens with two attached hydrogens (primary N) is 1. The van der Waals surface area contributed by atoms with Crippen molar-refractivity contribution in [2.75, 3.05) is 6.54 Å². The molecule has 84 valence electrons. The average molecular weight is 241 g/mol. The van der Waals surface area contributed by atoms with Crippen LogP contribution in [0.3, 0.4) is 0 Å². The molecule has 2 heterocycles. The Morgan fingerprint density at radius 2 is 2.31 bits per heavy atom. The average Bonchev–Trinajstić information content (AvgIpc) is 2.59. The van der Waals surface area contributed by atoms with E-state index in [1.54, 1.807) is 22.6 Å². The van der Waals surface area contributed by atoms with Gasteiger partial charge in [0, 0.05) is 13.0 Å². The second kappa shape index (κ2) is 4.07. The SMILES string of the molecule is NCCc1nc([N+](=O)[O-])c2cccc(Cl)n12. The molecule has 0 atom stereocenters. The Hall–Kier alpha value is -1.66. The lowest BCUT2D eigenvalue weighted by atomic mass is 10.4. The molecule has 0 fully saturated rings. The molecular weight excluding hydrogens is 232 g/mol. The minimum Gasteiger partial charge on any atom is -0.358 e. The Labute approximate surface area is 95.8 Å². The maximum Gasteiger partial charge on any atom is 0.389 e. The number of nitro groups is 1. The number of nitrogens with zero attached hydrogens (tertiary/aromatic N) is 3. The first-order valence-corrected chi connectivity index (χ1v) is 5.03. The van der Waals surface area contributed by atoms with Crippen molar-refractivity contribution in [3.63, 3.8) is 0 Å². The van der Waals surface area contributed by atoms with Crippen LogP contribution in [0, 0.1) is 10.1 Å². The first-order valence-electron chi connectivity index (χ1n) is 4.65. The standard InChI is InChI=1S/C9H9ClN4O2/c10-7-3-1-2-6-9(14(15)16)12-8(4-5-11)13(6)7/h1-3H,4-5,11H2. The quantitative estimate of drug-likeness (QED) is 0.499. The van der Waals surface area contributed by atoms with Gasteiger partial charge >= 0.3 is 5.82 Å². The fraction of sp³-hybridized carbons (Fsp3) is 0.222. The van der Waals surface area contributed by atoms with Gasteiger partial charge in [-0.3, -0.25) is 4.40 Å². The Morgan fingerprint density at radius 3 is 2.94 bits per heavy atom. The van der Waals surface area contributed by atoms with Crippen molar-refractivity contribution in [3.8, 4) is 0 Å². The molecule has 0 bridgehead atoms. The first-order chi connectivity index (χ1) is 7.65. The summed E-state index contributed by atoms with van der Waals surface area (Å²) in [5, 5.41) is 11.2. The summed E-state index contributed by atoms with van der Waals surface area (Å²) in [5.74, 6) is 0.320. The van der Waals surface area contributed by atoms with E-state index >= 15 is 0 Å². The van der Waals surface area contributed by atoms with Crippen LogP contribution in [-0.4, -0.2) is 20.9 Å². The molecule has 6 nitrogen and oxygen atoms in total. The zero-order valence-corrected chi connectivity index (χ0v) is 9.02. The second-order valence-electron chi connectivity index (χ2n) is 3.22. The molecule has 16 heavy (non-hydrogen) atoms. The fourth-order valence-electron chi connectivity index (χ4n) is 1.58. The maximum absolute atomic E-state index is 10.8. The van der Waals surface area contributed by atoms with Crippen LogP contribution in [0.15, 0.2) is 18.2 Å². The molecule has 2 aromatic heterocycles. The zero-order chi connectivity index (χ0) is 11.7. The van der Waals surface area contributed by atoms with Gasteiger partial charge in [-0.15, -0.1) is 0 Å². The summed E-state index contributed by atoms with van der Waals surface area (Å²) in [6.45, 7) is 0.363. The second-order valence-corrected chi connectivity index (χ2v) is 3.60. The molecule has 2 aromatic rings. The van der Waals surface area contributed by atoms with E-state index in [1.165, 1.54) is 0 Å². The van der Waals surface area contributed by atoms with Crippen molar-refractivity contribution in [1.29, 1.82) is 0 Å². The molecule has 7 heteroatoms. The Morgan fingerprint density at radius 1 is 1.56 bits per heavy atom. The number of pyridine rings is 1. The molecule has 0 radical (unpaired) electrons. The minimum absolute atomic E-state index is 0.189. The number of rotatable bonds is 3. The molecule has 0 aliphatic heterocycles. The zero-order valence-electron chi connectivity index (χ0n) is 8.26. The van der Waals surface area contributed by atoms with Crippen molar-refractivity contribution in [2.45, 2.75) is 6.42 Å². The number of hydrogen-bond acceptors (Lipinski definition) is 4. The number of fused-ring (bicyclic) bond motifs is 1. The largest absolute Gasteiger partial charge is 0.389 e. The van der Waals surface area contributed by atoms with Gasteiger partial charge in [-0.2, -0.15) is 0 Å². The molecule has 0 amide bonds. The van der Waals surface area contributed by atoms with E-state index in [0.717, 1.165) is 0 Å². The third-order valence-corrected chi connectivity index (χ3v) is 2.50. The Kier molecular flexibility index (Phi) is 2.76. The topological polar surface area (TPSA) is 86.5 Å². The Bertz CT molecular complexity index is 552. The normalized spacial score (nSPS) is 10.9. The predicted octanol–water partition coefficient (Wildman–Crippen LogP) is 1.40. The van der Waals surface area contributed by atoms with E-state index in [0.29, 0.717) is 29.5 Å². The highest BCUT2D eigenvalue weighted by Crippen LogP contribution is 2.24. The predicted molar refractivity (Wildman–Crippen MR) is 59.6 cm³/mol. The highest BCUT2D eigenvalue weighted by molar-refractivity contribution is 6.29. The smallest absolute Gasteiger partial charge is 0.358 e. The molecule has 2 rings (SSSR count). The Balaban J connectivity index is 2.76. The van der Waals surface area contributed by atoms with Crippen LogP contribution in [0.5, 0.6) is 0 Å². The van der Waals surface area contributed by atoms with Crippen LogP contribution < -0.4 is 5.73 Å². The van der Waals surface area contributed by atoms with Crippen LogP contribution in [0.1, 0.15) is 5.82 Å². The molecular formula is C9H9ClN4O2. The van der Waals surface area contributed by atoms with Gasteiger partial charge in [-0.1, -0.05) is 17.7 Å². The number of aromatic nitrogens is 2. The van der Waals surface area contributed by atoms with Gasteiger partial charge in [-0.05, 0) is 22.0 Å². The van der Waals surface area contributed by atoms with E-state index in [1.807, 2.05) is 0 Å². The summed E-state index contributed by atoms with van der Waals surface area (Å²) in [4.78, 5) is 14.2. The maximum atomic E-state index is 10.8. The third-order valence-electron chi connectivity index (χ3n) is 2.21.